The van der Waals surface area contributed by atoms with E-state index in [9.17, 15) is 13.8 Å². The van der Waals surface area contributed by atoms with Gasteiger partial charge in [-0.05, 0) is 25.1 Å². The monoisotopic (exact) mass is 299 g/mol. The highest BCUT2D eigenvalue weighted by atomic mass is 32.2. The zero-order valence-electron chi connectivity index (χ0n) is 11.3. The average molecular weight is 299 g/mol. The first-order chi connectivity index (χ1) is 9.43. The van der Waals surface area contributed by atoms with E-state index in [1.165, 1.54) is 31.4 Å². The number of benzene rings is 1. The van der Waals surface area contributed by atoms with Crippen LogP contribution in [0.3, 0.4) is 0 Å². The Bertz CT molecular complexity index is 517. The number of nitrogens with one attached hydrogen (secondary N) is 1. The van der Waals surface area contributed by atoms with Crippen LogP contribution in [0.1, 0.15) is 17.3 Å². The fourth-order valence-corrected chi connectivity index (χ4v) is 2.56. The molecule has 0 radical (unpaired) electrons. The molecule has 20 heavy (non-hydrogen) atoms. The Morgan fingerprint density at radius 2 is 2.15 bits per heavy atom. The molecule has 0 saturated heterocycles. The van der Waals surface area contributed by atoms with Gasteiger partial charge in [0.15, 0.2) is 0 Å². The largest absolute Gasteiger partial charge is 0.478 e. The van der Waals surface area contributed by atoms with Gasteiger partial charge >= 0.3 is 5.97 Å². The molecule has 0 aliphatic heterocycles. The van der Waals surface area contributed by atoms with Crippen molar-refractivity contribution in [3.05, 3.63) is 29.8 Å². The second kappa shape index (κ2) is 7.76. The molecule has 110 valence electrons. The summed E-state index contributed by atoms with van der Waals surface area (Å²) in [4.78, 5) is 22.8. The molecule has 6 nitrogen and oxygen atoms in total. The van der Waals surface area contributed by atoms with Gasteiger partial charge in [0.2, 0.25) is 5.91 Å². The summed E-state index contributed by atoms with van der Waals surface area (Å²) in [5.41, 5.74) is 0.0454. The Kier molecular flexibility index (Phi) is 6.33. The van der Waals surface area contributed by atoms with Gasteiger partial charge in [0, 0.05) is 18.0 Å². The minimum atomic E-state index is -1.58. The smallest absolute Gasteiger partial charge is 0.335 e. The average Bonchev–Trinajstić information content (AvgIpc) is 2.38. The van der Waals surface area contributed by atoms with E-state index in [1.54, 1.807) is 6.92 Å². The van der Waals surface area contributed by atoms with Crippen molar-refractivity contribution >= 4 is 22.7 Å². The van der Waals surface area contributed by atoms with Crippen molar-refractivity contribution in [2.24, 2.45) is 0 Å². The first-order valence-electron chi connectivity index (χ1n) is 5.94. The zero-order valence-corrected chi connectivity index (χ0v) is 12.1. The molecule has 0 bridgehead atoms. The van der Waals surface area contributed by atoms with Gasteiger partial charge in [0.25, 0.3) is 0 Å². The Hall–Kier alpha value is -1.73. The number of aromatic carboxylic acids is 1. The molecule has 0 aromatic heterocycles. The molecule has 2 N–H and O–H groups in total. The number of hydrogen-bond acceptors (Lipinski definition) is 4. The lowest BCUT2D eigenvalue weighted by Crippen LogP contribution is -2.38. The molecule has 0 aliphatic rings. The Labute approximate surface area is 119 Å². The van der Waals surface area contributed by atoms with Gasteiger partial charge in [0.05, 0.1) is 23.0 Å². The molecular weight excluding hydrogens is 282 g/mol. The highest BCUT2D eigenvalue weighted by Crippen LogP contribution is 2.10. The number of methoxy groups -OCH3 is 1. The topological polar surface area (TPSA) is 92.7 Å². The van der Waals surface area contributed by atoms with Crippen LogP contribution in [-0.4, -0.2) is 46.7 Å². The number of hydrogen-bond donors (Lipinski definition) is 2. The molecule has 0 saturated carbocycles. The maximum atomic E-state index is 12.0. The lowest BCUT2D eigenvalue weighted by Gasteiger charge is -2.12. The van der Waals surface area contributed by atoms with Crippen LogP contribution in [0.4, 0.5) is 0 Å². The molecule has 2 atom stereocenters. The first kappa shape index (κ1) is 16.3. The highest BCUT2D eigenvalue weighted by Gasteiger charge is 2.14. The van der Waals surface area contributed by atoms with Gasteiger partial charge < -0.3 is 15.2 Å². The van der Waals surface area contributed by atoms with Crippen LogP contribution in [0.15, 0.2) is 29.2 Å². The summed E-state index contributed by atoms with van der Waals surface area (Å²) >= 11 is 0. The van der Waals surface area contributed by atoms with Crippen molar-refractivity contribution in [3.8, 4) is 0 Å². The van der Waals surface area contributed by atoms with Crippen LogP contribution in [0.2, 0.25) is 0 Å². The van der Waals surface area contributed by atoms with Crippen LogP contribution in [0, 0.1) is 0 Å². The van der Waals surface area contributed by atoms with E-state index in [2.05, 4.69) is 5.32 Å². The van der Waals surface area contributed by atoms with Crippen LogP contribution < -0.4 is 5.32 Å². The van der Waals surface area contributed by atoms with E-state index < -0.39 is 16.8 Å². The van der Waals surface area contributed by atoms with E-state index in [0.29, 0.717) is 11.5 Å². The lowest BCUT2D eigenvalue weighted by atomic mass is 10.2. The van der Waals surface area contributed by atoms with Crippen molar-refractivity contribution in [1.82, 2.24) is 5.32 Å². The van der Waals surface area contributed by atoms with Crippen molar-refractivity contribution in [3.63, 3.8) is 0 Å². The fraction of sp³-hybridized carbons (Fsp3) is 0.385. The molecule has 1 aromatic rings. The van der Waals surface area contributed by atoms with Crippen molar-refractivity contribution < 1.29 is 23.6 Å². The van der Waals surface area contributed by atoms with Crippen LogP contribution in [0.5, 0.6) is 0 Å². The maximum Gasteiger partial charge on any atom is 0.335 e. The van der Waals surface area contributed by atoms with Crippen molar-refractivity contribution in [2.75, 3.05) is 19.5 Å². The zero-order chi connectivity index (χ0) is 15.1. The SMILES string of the molecule is COCC(C)NC(=O)CS(=O)c1cccc(C(=O)O)c1. The Morgan fingerprint density at radius 1 is 1.45 bits per heavy atom. The summed E-state index contributed by atoms with van der Waals surface area (Å²) in [5, 5.41) is 11.5. The van der Waals surface area contributed by atoms with E-state index in [-0.39, 0.29) is 23.3 Å². The standard InChI is InChI=1S/C13H17NO5S/c1-9(7-19-2)14-12(15)8-20(18)11-5-3-4-10(6-11)13(16)17/h3-6,9H,7-8H2,1-2H3,(H,14,15)(H,16,17). The van der Waals surface area contributed by atoms with Crippen molar-refractivity contribution in [2.45, 2.75) is 17.9 Å². The van der Waals surface area contributed by atoms with E-state index >= 15 is 0 Å². The van der Waals surface area contributed by atoms with Gasteiger partial charge in [-0.25, -0.2) is 4.79 Å². The third kappa shape index (κ3) is 5.10. The third-order valence-electron chi connectivity index (χ3n) is 2.43. The Morgan fingerprint density at radius 3 is 2.75 bits per heavy atom. The summed E-state index contributed by atoms with van der Waals surface area (Å²) in [7, 11) is -0.0509. The second-order valence-electron chi connectivity index (χ2n) is 4.25. The predicted octanol–water partition coefficient (Wildman–Crippen LogP) is 0.643. The molecule has 0 aliphatic carbocycles. The summed E-state index contributed by atoms with van der Waals surface area (Å²) in [6.45, 7) is 2.14. The fourth-order valence-electron chi connectivity index (χ4n) is 1.58. The molecule has 1 aromatic carbocycles. The quantitative estimate of drug-likeness (QED) is 0.771. The number of carbonyl (C=O) groups is 2. The third-order valence-corrected chi connectivity index (χ3v) is 3.73. The van der Waals surface area contributed by atoms with Gasteiger partial charge in [-0.15, -0.1) is 0 Å². The molecule has 0 heterocycles. The molecule has 0 spiro atoms. The normalized spacial score (nSPS) is 13.5. The number of rotatable bonds is 7. The molecule has 7 heteroatoms. The van der Waals surface area contributed by atoms with Crippen LogP contribution in [0.25, 0.3) is 0 Å². The highest BCUT2D eigenvalue weighted by molar-refractivity contribution is 7.85. The van der Waals surface area contributed by atoms with E-state index in [1.807, 2.05) is 0 Å². The summed E-state index contributed by atoms with van der Waals surface area (Å²) in [6.07, 6.45) is 0. The summed E-state index contributed by atoms with van der Waals surface area (Å²) in [6, 6.07) is 5.58. The van der Waals surface area contributed by atoms with Crippen LogP contribution >= 0.6 is 0 Å². The van der Waals surface area contributed by atoms with Gasteiger partial charge in [-0.2, -0.15) is 0 Å². The number of amides is 1. The minimum Gasteiger partial charge on any atom is -0.478 e. The number of carbonyl (C=O) groups excluding carboxylic acids is 1. The predicted molar refractivity (Wildman–Crippen MR) is 74.2 cm³/mol. The summed E-state index contributed by atoms with van der Waals surface area (Å²) in [5.74, 6) is -1.67. The first-order valence-corrected chi connectivity index (χ1v) is 7.26. The van der Waals surface area contributed by atoms with Gasteiger partial charge in [-0.1, -0.05) is 6.07 Å². The number of carboxylic acids is 1. The second-order valence-corrected chi connectivity index (χ2v) is 5.70. The van der Waals surface area contributed by atoms with E-state index in [0.717, 1.165) is 0 Å². The molecule has 1 amide bonds. The molecule has 2 unspecified atom stereocenters. The number of carboxylic acid groups (broad SMARTS) is 1. The van der Waals surface area contributed by atoms with Crippen molar-refractivity contribution in [1.29, 1.82) is 0 Å². The molecular formula is C13H17NO5S. The summed E-state index contributed by atoms with van der Waals surface area (Å²) < 4.78 is 16.9. The maximum absolute atomic E-state index is 12.0. The molecule has 0 fully saturated rings. The van der Waals surface area contributed by atoms with E-state index in [4.69, 9.17) is 9.84 Å². The van der Waals surface area contributed by atoms with Gasteiger partial charge in [0.1, 0.15) is 5.75 Å². The van der Waals surface area contributed by atoms with Gasteiger partial charge in [-0.3, -0.25) is 9.00 Å². The van der Waals surface area contributed by atoms with Crippen LogP contribution in [-0.2, 0) is 20.3 Å². The number of ether oxygens (including phenoxy) is 1. The lowest BCUT2D eigenvalue weighted by molar-refractivity contribution is -0.119. The molecule has 1 rings (SSSR count). The Balaban J connectivity index is 2.64. The minimum absolute atomic E-state index is 0.0454.